The smallest absolute Gasteiger partial charge is 0.0521 e. The molecule has 5 heteroatoms. The predicted molar refractivity (Wildman–Crippen MR) is 78.5 cm³/mol. The van der Waals surface area contributed by atoms with E-state index in [0.717, 1.165) is 13.0 Å². The molecule has 20 heavy (non-hydrogen) atoms. The number of rotatable bonds is 5. The van der Waals surface area contributed by atoms with Gasteiger partial charge in [-0.25, -0.2) is 0 Å². The Morgan fingerprint density at radius 2 is 2.40 bits per heavy atom. The van der Waals surface area contributed by atoms with Gasteiger partial charge in [-0.1, -0.05) is 0 Å². The Morgan fingerprint density at radius 3 is 3.15 bits per heavy atom. The maximum atomic E-state index is 4.22. The van der Waals surface area contributed by atoms with Crippen LogP contribution >= 0.6 is 0 Å². The summed E-state index contributed by atoms with van der Waals surface area (Å²) in [6.07, 6.45) is 10.8. The Labute approximate surface area is 120 Å². The van der Waals surface area contributed by atoms with E-state index in [-0.39, 0.29) is 0 Å². The highest BCUT2D eigenvalue weighted by atomic mass is 15.2. The number of hydrogen-bond acceptors (Lipinski definition) is 3. The number of H-pyrrole nitrogens is 1. The topological polar surface area (TPSA) is 49.7 Å². The number of nitrogens with zero attached hydrogens (tertiary/aromatic N) is 4. The molecule has 3 rings (SSSR count). The monoisotopic (exact) mass is 273 g/mol. The molecule has 2 aromatic rings. The van der Waals surface area contributed by atoms with Gasteiger partial charge in [0.05, 0.1) is 6.20 Å². The second-order valence-corrected chi connectivity index (χ2v) is 5.78. The van der Waals surface area contributed by atoms with Crippen LogP contribution in [-0.2, 0) is 13.5 Å². The van der Waals surface area contributed by atoms with E-state index in [1.807, 2.05) is 24.1 Å². The zero-order valence-corrected chi connectivity index (χ0v) is 12.1. The molecule has 1 N–H and O–H groups in total. The summed E-state index contributed by atoms with van der Waals surface area (Å²) >= 11 is 0. The molecule has 1 atom stereocenters. The standard InChI is InChI=1S/C15H23N5/c1-19-11-13(10-17-19)4-2-8-20-9-3-5-14(12-20)15-6-7-16-18-15/h6-7,10-11,14H,2-5,8-9,12H2,1H3,(H,16,18)/t14-/m1/s1. The molecule has 2 aromatic heterocycles. The van der Waals surface area contributed by atoms with Crippen molar-refractivity contribution in [2.24, 2.45) is 7.05 Å². The molecule has 1 aliphatic rings. The fourth-order valence-corrected chi connectivity index (χ4v) is 3.11. The molecule has 1 fully saturated rings. The SMILES string of the molecule is Cn1cc(CCCN2CCC[C@@H](c3ccn[nH]3)C2)cn1. The third-order valence-corrected chi connectivity index (χ3v) is 4.17. The van der Waals surface area contributed by atoms with Crippen LogP contribution in [0, 0.1) is 0 Å². The number of aryl methyl sites for hydroxylation is 2. The number of hydrogen-bond donors (Lipinski definition) is 1. The van der Waals surface area contributed by atoms with Gasteiger partial charge in [0.15, 0.2) is 0 Å². The summed E-state index contributed by atoms with van der Waals surface area (Å²) in [6.45, 7) is 3.58. The van der Waals surface area contributed by atoms with Crippen LogP contribution in [0.2, 0.25) is 0 Å². The number of aromatic amines is 1. The molecule has 1 saturated heterocycles. The summed E-state index contributed by atoms with van der Waals surface area (Å²) in [5.41, 5.74) is 2.64. The van der Waals surface area contributed by atoms with E-state index in [4.69, 9.17) is 0 Å². The van der Waals surface area contributed by atoms with Crippen molar-refractivity contribution in [3.8, 4) is 0 Å². The first kappa shape index (κ1) is 13.4. The molecule has 0 aliphatic carbocycles. The Bertz CT molecular complexity index is 516. The summed E-state index contributed by atoms with van der Waals surface area (Å²) in [4.78, 5) is 2.59. The van der Waals surface area contributed by atoms with Crippen molar-refractivity contribution in [3.05, 3.63) is 35.9 Å². The minimum atomic E-state index is 0.629. The molecule has 0 radical (unpaired) electrons. The maximum absolute atomic E-state index is 4.22. The lowest BCUT2D eigenvalue weighted by atomic mass is 9.95. The molecule has 0 spiro atoms. The van der Waals surface area contributed by atoms with Crippen LogP contribution in [0.1, 0.15) is 36.4 Å². The molecular formula is C15H23N5. The van der Waals surface area contributed by atoms with Crippen molar-refractivity contribution >= 4 is 0 Å². The molecule has 0 bridgehead atoms. The number of piperidine rings is 1. The first-order chi connectivity index (χ1) is 9.81. The Morgan fingerprint density at radius 1 is 1.45 bits per heavy atom. The van der Waals surface area contributed by atoms with Gasteiger partial charge in [-0.15, -0.1) is 0 Å². The lowest BCUT2D eigenvalue weighted by Gasteiger charge is -2.32. The third-order valence-electron chi connectivity index (χ3n) is 4.17. The fraction of sp³-hybridized carbons (Fsp3) is 0.600. The van der Waals surface area contributed by atoms with Gasteiger partial charge in [0.2, 0.25) is 0 Å². The Balaban J connectivity index is 1.46. The minimum absolute atomic E-state index is 0.629. The number of nitrogens with one attached hydrogen (secondary N) is 1. The van der Waals surface area contributed by atoms with E-state index in [1.54, 1.807) is 0 Å². The van der Waals surface area contributed by atoms with Gasteiger partial charge >= 0.3 is 0 Å². The normalized spacial score (nSPS) is 20.4. The molecule has 5 nitrogen and oxygen atoms in total. The van der Waals surface area contributed by atoms with Crippen molar-refractivity contribution in [2.75, 3.05) is 19.6 Å². The number of aromatic nitrogens is 4. The zero-order valence-electron chi connectivity index (χ0n) is 12.1. The maximum Gasteiger partial charge on any atom is 0.0521 e. The molecule has 1 aliphatic heterocycles. The van der Waals surface area contributed by atoms with Gasteiger partial charge in [-0.3, -0.25) is 9.78 Å². The van der Waals surface area contributed by atoms with E-state index in [2.05, 4.69) is 32.5 Å². The largest absolute Gasteiger partial charge is 0.303 e. The summed E-state index contributed by atoms with van der Waals surface area (Å²) < 4.78 is 1.88. The van der Waals surface area contributed by atoms with Crippen molar-refractivity contribution in [3.63, 3.8) is 0 Å². The van der Waals surface area contributed by atoms with Crippen molar-refractivity contribution < 1.29 is 0 Å². The predicted octanol–water partition coefficient (Wildman–Crippen LogP) is 1.96. The van der Waals surface area contributed by atoms with Gasteiger partial charge in [0.25, 0.3) is 0 Å². The van der Waals surface area contributed by atoms with Crippen molar-refractivity contribution in [1.82, 2.24) is 24.9 Å². The van der Waals surface area contributed by atoms with Crippen LogP contribution in [0.3, 0.4) is 0 Å². The molecule has 3 heterocycles. The highest BCUT2D eigenvalue weighted by Gasteiger charge is 2.21. The van der Waals surface area contributed by atoms with E-state index < -0.39 is 0 Å². The molecule has 108 valence electrons. The lowest BCUT2D eigenvalue weighted by Crippen LogP contribution is -2.35. The number of likely N-dealkylation sites (tertiary alicyclic amines) is 1. The summed E-state index contributed by atoms with van der Waals surface area (Å²) in [7, 11) is 1.98. The minimum Gasteiger partial charge on any atom is -0.303 e. The van der Waals surface area contributed by atoms with E-state index in [9.17, 15) is 0 Å². The van der Waals surface area contributed by atoms with Crippen LogP contribution in [-0.4, -0.2) is 44.5 Å². The average molecular weight is 273 g/mol. The highest BCUT2D eigenvalue weighted by Crippen LogP contribution is 2.25. The quantitative estimate of drug-likeness (QED) is 0.906. The van der Waals surface area contributed by atoms with Crippen LogP contribution in [0.4, 0.5) is 0 Å². The molecular weight excluding hydrogens is 250 g/mol. The molecule has 0 saturated carbocycles. The van der Waals surface area contributed by atoms with Crippen LogP contribution in [0.15, 0.2) is 24.7 Å². The van der Waals surface area contributed by atoms with E-state index >= 15 is 0 Å². The van der Waals surface area contributed by atoms with Gasteiger partial charge < -0.3 is 4.90 Å². The van der Waals surface area contributed by atoms with Gasteiger partial charge in [0, 0.05) is 37.6 Å². The summed E-state index contributed by atoms with van der Waals surface area (Å²) in [5, 5.41) is 11.4. The van der Waals surface area contributed by atoms with E-state index in [1.165, 1.54) is 43.6 Å². The van der Waals surface area contributed by atoms with Crippen molar-refractivity contribution in [1.29, 1.82) is 0 Å². The average Bonchev–Trinajstić information content (AvgIpc) is 3.11. The van der Waals surface area contributed by atoms with Gasteiger partial charge in [-0.05, 0) is 50.4 Å². The van der Waals surface area contributed by atoms with Crippen LogP contribution in [0.5, 0.6) is 0 Å². The molecule has 0 aromatic carbocycles. The lowest BCUT2D eigenvalue weighted by molar-refractivity contribution is 0.204. The van der Waals surface area contributed by atoms with E-state index in [0.29, 0.717) is 5.92 Å². The van der Waals surface area contributed by atoms with Crippen molar-refractivity contribution in [2.45, 2.75) is 31.6 Å². The van der Waals surface area contributed by atoms with Crippen LogP contribution < -0.4 is 0 Å². The first-order valence-electron chi connectivity index (χ1n) is 7.50. The second kappa shape index (κ2) is 6.22. The zero-order chi connectivity index (χ0) is 13.8. The Kier molecular flexibility index (Phi) is 4.16. The van der Waals surface area contributed by atoms with Gasteiger partial charge in [-0.2, -0.15) is 10.2 Å². The fourth-order valence-electron chi connectivity index (χ4n) is 3.11. The summed E-state index contributed by atoms with van der Waals surface area (Å²) in [6, 6.07) is 2.11. The second-order valence-electron chi connectivity index (χ2n) is 5.78. The first-order valence-corrected chi connectivity index (χ1v) is 7.50. The van der Waals surface area contributed by atoms with Crippen LogP contribution in [0.25, 0.3) is 0 Å². The third kappa shape index (κ3) is 3.28. The molecule has 0 amide bonds. The Hall–Kier alpha value is -1.62. The highest BCUT2D eigenvalue weighted by molar-refractivity contribution is 5.07. The molecule has 0 unspecified atom stereocenters. The summed E-state index contributed by atoms with van der Waals surface area (Å²) in [5.74, 6) is 0.629. The van der Waals surface area contributed by atoms with Gasteiger partial charge in [0.1, 0.15) is 0 Å².